The summed E-state index contributed by atoms with van der Waals surface area (Å²) in [6.07, 6.45) is 5.18. The first-order valence-electron chi connectivity index (χ1n) is 10.7. The SMILES string of the molecule is Cc1nc(/C=C2\C=Nc3ccccc32)c(O)n1-c1ccc(C(=O)N/N=C/c2ccccc2)cc1. The Kier molecular flexibility index (Phi) is 5.58. The summed E-state index contributed by atoms with van der Waals surface area (Å²) < 4.78 is 1.64. The van der Waals surface area contributed by atoms with Crippen molar-refractivity contribution >= 4 is 35.7 Å². The van der Waals surface area contributed by atoms with Gasteiger partial charge in [0, 0.05) is 22.9 Å². The molecule has 7 heteroatoms. The molecule has 0 saturated carbocycles. The predicted molar refractivity (Wildman–Crippen MR) is 134 cm³/mol. The number of aromatic hydroxyl groups is 1. The van der Waals surface area contributed by atoms with Crippen molar-refractivity contribution in [2.75, 3.05) is 0 Å². The number of aliphatic imine (C=N–C) groups is 1. The first kappa shape index (κ1) is 21.1. The van der Waals surface area contributed by atoms with E-state index >= 15 is 0 Å². The van der Waals surface area contributed by atoms with Crippen LogP contribution < -0.4 is 5.43 Å². The summed E-state index contributed by atoms with van der Waals surface area (Å²) in [4.78, 5) is 21.3. The monoisotopic (exact) mass is 447 g/mol. The van der Waals surface area contributed by atoms with Crippen molar-refractivity contribution in [3.8, 4) is 11.6 Å². The van der Waals surface area contributed by atoms with E-state index in [1.807, 2.05) is 67.6 Å². The van der Waals surface area contributed by atoms with Gasteiger partial charge in [-0.15, -0.1) is 0 Å². The summed E-state index contributed by atoms with van der Waals surface area (Å²) >= 11 is 0. The first-order chi connectivity index (χ1) is 16.6. The van der Waals surface area contributed by atoms with Crippen LogP contribution in [0.4, 0.5) is 5.69 Å². The van der Waals surface area contributed by atoms with Crippen LogP contribution in [0.1, 0.15) is 33.0 Å². The molecule has 0 unspecified atom stereocenters. The number of aromatic nitrogens is 2. The highest BCUT2D eigenvalue weighted by Gasteiger charge is 2.17. The molecule has 0 aliphatic carbocycles. The number of nitrogens with zero attached hydrogens (tertiary/aromatic N) is 4. The molecule has 7 nitrogen and oxygen atoms in total. The molecule has 1 amide bonds. The van der Waals surface area contributed by atoms with E-state index in [9.17, 15) is 9.90 Å². The van der Waals surface area contributed by atoms with Gasteiger partial charge in [-0.2, -0.15) is 5.10 Å². The second-order valence-electron chi connectivity index (χ2n) is 7.73. The number of nitrogens with one attached hydrogen (secondary N) is 1. The van der Waals surface area contributed by atoms with Crippen molar-refractivity contribution in [1.82, 2.24) is 15.0 Å². The van der Waals surface area contributed by atoms with Gasteiger partial charge in [-0.1, -0.05) is 48.5 Å². The molecular weight excluding hydrogens is 426 g/mol. The number of para-hydroxylation sites is 1. The van der Waals surface area contributed by atoms with Crippen molar-refractivity contribution in [2.24, 2.45) is 10.1 Å². The lowest BCUT2D eigenvalue weighted by Crippen LogP contribution is -2.17. The number of carbonyl (C=O) groups excluding carboxylic acids is 1. The van der Waals surface area contributed by atoms with Gasteiger partial charge in [-0.05, 0) is 48.9 Å². The summed E-state index contributed by atoms with van der Waals surface area (Å²) in [7, 11) is 0. The number of allylic oxidation sites excluding steroid dienone is 1. The molecule has 3 aromatic carbocycles. The Balaban J connectivity index is 1.34. The molecule has 1 aliphatic rings. The van der Waals surface area contributed by atoms with E-state index in [4.69, 9.17) is 0 Å². The quantitative estimate of drug-likeness (QED) is 0.336. The molecule has 0 fully saturated rings. The number of hydrogen-bond donors (Lipinski definition) is 2. The van der Waals surface area contributed by atoms with E-state index in [1.54, 1.807) is 41.3 Å². The predicted octanol–water partition coefficient (Wildman–Crippen LogP) is 4.91. The van der Waals surface area contributed by atoms with Crippen LogP contribution in [0.3, 0.4) is 0 Å². The average Bonchev–Trinajstić information content (AvgIpc) is 3.40. The number of aryl methyl sites for hydroxylation is 1. The van der Waals surface area contributed by atoms with Crippen LogP contribution in [-0.2, 0) is 0 Å². The van der Waals surface area contributed by atoms with Gasteiger partial charge in [-0.25, -0.2) is 10.4 Å². The minimum absolute atomic E-state index is 0.0208. The van der Waals surface area contributed by atoms with E-state index in [-0.39, 0.29) is 11.8 Å². The maximum Gasteiger partial charge on any atom is 0.271 e. The zero-order valence-corrected chi connectivity index (χ0v) is 18.4. The van der Waals surface area contributed by atoms with Gasteiger partial charge in [0.1, 0.15) is 11.5 Å². The molecule has 166 valence electrons. The van der Waals surface area contributed by atoms with E-state index < -0.39 is 0 Å². The van der Waals surface area contributed by atoms with Crippen molar-refractivity contribution < 1.29 is 9.90 Å². The van der Waals surface area contributed by atoms with Crippen LogP contribution in [0.2, 0.25) is 0 Å². The number of imidazole rings is 1. The largest absolute Gasteiger partial charge is 0.493 e. The fourth-order valence-corrected chi connectivity index (χ4v) is 3.78. The summed E-state index contributed by atoms with van der Waals surface area (Å²) in [5.74, 6) is 0.319. The molecule has 1 aliphatic heterocycles. The third-order valence-electron chi connectivity index (χ3n) is 5.46. The molecule has 0 spiro atoms. The highest BCUT2D eigenvalue weighted by molar-refractivity contribution is 6.21. The summed E-state index contributed by atoms with van der Waals surface area (Å²) in [6, 6.07) is 24.2. The van der Waals surface area contributed by atoms with Crippen molar-refractivity contribution in [3.05, 3.63) is 107 Å². The number of amides is 1. The molecule has 2 N–H and O–H groups in total. The Morgan fingerprint density at radius 2 is 1.74 bits per heavy atom. The van der Waals surface area contributed by atoms with Crippen LogP contribution >= 0.6 is 0 Å². The molecule has 5 rings (SSSR count). The minimum atomic E-state index is -0.324. The van der Waals surface area contributed by atoms with Gasteiger partial charge in [0.2, 0.25) is 5.88 Å². The first-order valence-corrected chi connectivity index (χ1v) is 10.7. The highest BCUT2D eigenvalue weighted by Crippen LogP contribution is 2.34. The maximum absolute atomic E-state index is 12.4. The lowest BCUT2D eigenvalue weighted by Gasteiger charge is -2.08. The zero-order chi connectivity index (χ0) is 23.5. The van der Waals surface area contributed by atoms with Crippen LogP contribution in [0, 0.1) is 6.92 Å². The number of hydrogen-bond acceptors (Lipinski definition) is 5. The standard InChI is InChI=1S/C27H21N5O2/c1-18-30-25(15-21-17-28-24-10-6-5-9-23(21)24)27(34)32(18)22-13-11-20(12-14-22)26(33)31-29-16-19-7-3-2-4-8-19/h2-17,34H,1H3,(H,31,33)/b21-15+,29-16+. The van der Waals surface area contributed by atoms with Crippen LogP contribution in [0.15, 0.2) is 89.0 Å². The van der Waals surface area contributed by atoms with Gasteiger partial charge in [0.05, 0.1) is 17.6 Å². The van der Waals surface area contributed by atoms with Gasteiger partial charge in [0.25, 0.3) is 5.91 Å². The van der Waals surface area contributed by atoms with E-state index in [1.165, 1.54) is 0 Å². The molecule has 0 saturated heterocycles. The molecular formula is C27H21N5O2. The summed E-state index contributed by atoms with van der Waals surface area (Å²) in [6.45, 7) is 1.82. The smallest absolute Gasteiger partial charge is 0.271 e. The summed E-state index contributed by atoms with van der Waals surface area (Å²) in [5.41, 5.74) is 7.79. The minimum Gasteiger partial charge on any atom is -0.493 e. The fourth-order valence-electron chi connectivity index (χ4n) is 3.78. The third kappa shape index (κ3) is 4.14. The molecule has 34 heavy (non-hydrogen) atoms. The van der Waals surface area contributed by atoms with Gasteiger partial charge in [-0.3, -0.25) is 14.4 Å². The number of hydrazone groups is 1. The molecule has 0 bridgehead atoms. The molecule has 0 atom stereocenters. The average molecular weight is 447 g/mol. The Labute approximate surface area is 196 Å². The maximum atomic E-state index is 12.4. The molecule has 0 radical (unpaired) electrons. The molecule has 4 aromatic rings. The number of rotatable bonds is 5. The Hall–Kier alpha value is -4.78. The van der Waals surface area contributed by atoms with Crippen LogP contribution in [0.25, 0.3) is 17.3 Å². The second-order valence-corrected chi connectivity index (χ2v) is 7.73. The van der Waals surface area contributed by atoms with Crippen molar-refractivity contribution in [2.45, 2.75) is 6.92 Å². The van der Waals surface area contributed by atoms with E-state index in [2.05, 4.69) is 20.5 Å². The normalized spacial score (nSPS) is 13.5. The van der Waals surface area contributed by atoms with E-state index in [0.717, 1.165) is 22.4 Å². The topological polar surface area (TPSA) is 91.9 Å². The van der Waals surface area contributed by atoms with Crippen LogP contribution in [-0.4, -0.2) is 33.0 Å². The van der Waals surface area contributed by atoms with Gasteiger partial charge in [0.15, 0.2) is 0 Å². The highest BCUT2D eigenvalue weighted by atomic mass is 16.3. The van der Waals surface area contributed by atoms with Crippen molar-refractivity contribution in [1.29, 1.82) is 0 Å². The lowest BCUT2D eigenvalue weighted by molar-refractivity contribution is 0.0955. The number of benzene rings is 3. The number of fused-ring (bicyclic) bond motifs is 1. The van der Waals surface area contributed by atoms with Gasteiger partial charge < -0.3 is 5.11 Å². The zero-order valence-electron chi connectivity index (χ0n) is 18.4. The molecule has 1 aromatic heterocycles. The molecule has 2 heterocycles. The van der Waals surface area contributed by atoms with E-state index in [0.29, 0.717) is 22.8 Å². The van der Waals surface area contributed by atoms with Crippen LogP contribution in [0.5, 0.6) is 5.88 Å². The second kappa shape index (κ2) is 8.99. The Bertz CT molecular complexity index is 1450. The Morgan fingerprint density at radius 3 is 2.53 bits per heavy atom. The number of carbonyl (C=O) groups is 1. The lowest BCUT2D eigenvalue weighted by atomic mass is 10.1. The Morgan fingerprint density at radius 1 is 1.00 bits per heavy atom. The third-order valence-corrected chi connectivity index (χ3v) is 5.46. The van der Waals surface area contributed by atoms with Crippen molar-refractivity contribution in [3.63, 3.8) is 0 Å². The summed E-state index contributed by atoms with van der Waals surface area (Å²) in [5, 5.41) is 14.9. The van der Waals surface area contributed by atoms with Gasteiger partial charge >= 0.3 is 0 Å². The fraction of sp³-hybridized carbons (Fsp3) is 0.0370.